The van der Waals surface area contributed by atoms with E-state index < -0.39 is 10.2 Å². The van der Waals surface area contributed by atoms with Crippen LogP contribution in [0.2, 0.25) is 0 Å². The van der Waals surface area contributed by atoms with Gasteiger partial charge in [-0.1, -0.05) is 39.5 Å². The molecule has 2 aromatic carbocycles. The molecule has 4 aromatic rings. The summed E-state index contributed by atoms with van der Waals surface area (Å²) in [6.07, 6.45) is 4.53. The highest BCUT2D eigenvalue weighted by molar-refractivity contribution is 7.97. The first-order valence-corrected chi connectivity index (χ1v) is 11.4. The van der Waals surface area contributed by atoms with Crippen molar-refractivity contribution in [2.24, 2.45) is 0 Å². The number of benzene rings is 2. The van der Waals surface area contributed by atoms with Crippen molar-refractivity contribution < 1.29 is 13.5 Å². The predicted octanol–water partition coefficient (Wildman–Crippen LogP) is 3.69. The van der Waals surface area contributed by atoms with Crippen molar-refractivity contribution in [1.82, 2.24) is 19.8 Å². The lowest BCUT2D eigenvalue weighted by atomic mass is 10.2. The Morgan fingerprint density at radius 1 is 1.13 bits per heavy atom. The number of hydrogen-bond donors (Lipinski definition) is 1. The van der Waals surface area contributed by atoms with Crippen molar-refractivity contribution in [3.05, 3.63) is 48.5 Å². The Morgan fingerprint density at radius 2 is 1.87 bits per heavy atom. The summed E-state index contributed by atoms with van der Waals surface area (Å²) in [5, 5.41) is 12.4. The third-order valence-corrected chi connectivity index (χ3v) is 7.21. The van der Waals surface area contributed by atoms with Crippen molar-refractivity contribution in [2.75, 3.05) is 12.4 Å². The molecule has 1 saturated carbocycles. The number of hydrogen-bond acceptors (Lipinski definition) is 7. The number of sulfone groups is 1. The van der Waals surface area contributed by atoms with Gasteiger partial charge in [-0.15, -0.1) is 0 Å². The number of rotatable bonds is 5. The van der Waals surface area contributed by atoms with E-state index in [0.717, 1.165) is 23.7 Å². The summed E-state index contributed by atoms with van der Waals surface area (Å²) >= 11 is 0. The maximum absolute atomic E-state index is 13.3. The number of ether oxygens (including phenoxy) is 1. The minimum atomic E-state index is -3.90. The molecule has 1 atom stereocenters. The number of aromatic nitrogens is 4. The molecule has 0 spiro atoms. The van der Waals surface area contributed by atoms with Gasteiger partial charge in [-0.25, -0.2) is 4.98 Å². The number of fused-ring (bicyclic) bond motifs is 3. The molecule has 2 aromatic heterocycles. The zero-order chi connectivity index (χ0) is 20.7. The number of nitrogens with zero attached hydrogens (tertiary/aromatic N) is 4. The van der Waals surface area contributed by atoms with Crippen LogP contribution in [0.3, 0.4) is 0 Å². The predicted molar refractivity (Wildman–Crippen MR) is 113 cm³/mol. The fraction of sp³-hybridized carbons (Fsp3) is 0.286. The maximum atomic E-state index is 13.3. The monoisotopic (exact) mass is 423 g/mol. The van der Waals surface area contributed by atoms with E-state index in [4.69, 9.17) is 4.74 Å². The van der Waals surface area contributed by atoms with Crippen molar-refractivity contribution in [3.63, 3.8) is 0 Å². The van der Waals surface area contributed by atoms with Gasteiger partial charge in [0.15, 0.2) is 4.90 Å². The highest BCUT2D eigenvalue weighted by Crippen LogP contribution is 2.32. The second-order valence-corrected chi connectivity index (χ2v) is 9.28. The lowest BCUT2D eigenvalue weighted by molar-refractivity contribution is 0.414. The lowest BCUT2D eigenvalue weighted by Crippen LogP contribution is -2.17. The Balaban J connectivity index is 1.67. The molecule has 0 amide bonds. The third kappa shape index (κ3) is 3.10. The number of anilines is 1. The number of nitrogens with one attached hydrogen (secondary N) is 1. The topological polar surface area (TPSA) is 104 Å². The summed E-state index contributed by atoms with van der Waals surface area (Å²) in [4.78, 5) is 4.79. The molecule has 1 fully saturated rings. The molecule has 30 heavy (non-hydrogen) atoms. The zero-order valence-corrected chi connectivity index (χ0v) is 17.3. The zero-order valence-electron chi connectivity index (χ0n) is 16.4. The molecule has 0 bridgehead atoms. The first-order chi connectivity index (χ1) is 14.6. The standard InChI is InChI=1S/C21H21N5O3S/c1-29-15-10-12-16(13-11-15)30(27,28)21-20-23-19(22-14-6-2-3-7-14)17-8-4-5-9-18(17)26(20)25-24-21/h4-5,8-14H,2-3,6-7H2,1H3,(H-,22,23,27,28). The van der Waals surface area contributed by atoms with Gasteiger partial charge in [-0.2, -0.15) is 4.52 Å². The van der Waals surface area contributed by atoms with E-state index in [-0.39, 0.29) is 15.6 Å². The molecular weight excluding hydrogens is 402 g/mol. The van der Waals surface area contributed by atoms with Gasteiger partial charge in [0.05, 0.1) is 12.6 Å². The molecule has 1 N–H and O–H groups in total. The first kappa shape index (κ1) is 19.0. The molecular formula is C21H21N5O3S. The van der Waals surface area contributed by atoms with Gasteiger partial charge in [-0.05, 0) is 49.2 Å². The average molecular weight is 423 g/mol. The summed E-state index contributed by atoms with van der Waals surface area (Å²) in [7, 11) is -2.37. The molecule has 1 aliphatic rings. The van der Waals surface area contributed by atoms with E-state index in [2.05, 4.69) is 20.6 Å². The Morgan fingerprint density at radius 3 is 2.60 bits per heavy atom. The molecule has 2 heterocycles. The second kappa shape index (κ2) is 7.33. The van der Waals surface area contributed by atoms with Crippen LogP contribution < -0.4 is 10.1 Å². The van der Waals surface area contributed by atoms with Crippen LogP contribution in [0.1, 0.15) is 25.7 Å². The van der Waals surface area contributed by atoms with Crippen molar-refractivity contribution in [2.45, 2.75) is 41.6 Å². The minimum absolute atomic E-state index is 0.117. The van der Waals surface area contributed by atoms with Gasteiger partial charge in [0, 0.05) is 11.4 Å². The summed E-state index contributed by atoms with van der Waals surface area (Å²) in [5.74, 6) is 1.24. The summed E-state index contributed by atoms with van der Waals surface area (Å²) in [6.45, 7) is 0. The Bertz CT molecular complexity index is 1270. The molecule has 9 heteroatoms. The van der Waals surface area contributed by atoms with Crippen molar-refractivity contribution >= 4 is 32.6 Å². The van der Waals surface area contributed by atoms with E-state index in [1.54, 1.807) is 12.1 Å². The molecule has 1 unspecified atom stereocenters. The van der Waals surface area contributed by atoms with E-state index in [0.29, 0.717) is 17.6 Å². The molecule has 5 rings (SSSR count). The van der Waals surface area contributed by atoms with E-state index >= 15 is 0 Å². The Kier molecular flexibility index (Phi) is 4.63. The van der Waals surface area contributed by atoms with Crippen LogP contribution in [0, 0.1) is 0 Å². The van der Waals surface area contributed by atoms with Crippen LogP contribution in [0.15, 0.2) is 58.5 Å². The summed E-state index contributed by atoms with van der Waals surface area (Å²) in [5.41, 5.74) is 0.969. The minimum Gasteiger partial charge on any atom is -0.604 e. The fourth-order valence-electron chi connectivity index (χ4n) is 3.96. The van der Waals surface area contributed by atoms with Crippen LogP contribution in [-0.2, 0) is 14.4 Å². The Labute approximate surface area is 174 Å². The van der Waals surface area contributed by atoms with Gasteiger partial charge >= 0.3 is 5.03 Å². The smallest absolute Gasteiger partial charge is 0.317 e. The van der Waals surface area contributed by atoms with Gasteiger partial charge < -0.3 is 14.6 Å². The van der Waals surface area contributed by atoms with Gasteiger partial charge in [0.25, 0.3) is 0 Å². The van der Waals surface area contributed by atoms with Crippen LogP contribution in [0.25, 0.3) is 16.6 Å². The fourth-order valence-corrected chi connectivity index (χ4v) is 5.19. The Hall–Kier alpha value is -3.04. The van der Waals surface area contributed by atoms with Gasteiger partial charge in [0.2, 0.25) is 5.65 Å². The molecule has 0 saturated heterocycles. The first-order valence-electron chi connectivity index (χ1n) is 9.88. The highest BCUT2D eigenvalue weighted by Gasteiger charge is 2.32. The maximum Gasteiger partial charge on any atom is 0.317 e. The normalized spacial score (nSPS) is 16.7. The molecule has 0 radical (unpaired) electrons. The quantitative estimate of drug-likeness (QED) is 0.488. The summed E-state index contributed by atoms with van der Waals surface area (Å²) < 4.78 is 33.2. The van der Waals surface area contributed by atoms with Gasteiger partial charge in [0.1, 0.15) is 21.8 Å². The van der Waals surface area contributed by atoms with Gasteiger partial charge in [-0.3, -0.25) is 0 Å². The molecule has 0 aliphatic heterocycles. The number of methoxy groups -OCH3 is 1. The number of para-hydroxylation sites is 1. The molecule has 8 nitrogen and oxygen atoms in total. The van der Waals surface area contributed by atoms with Crippen LogP contribution in [0.4, 0.5) is 5.82 Å². The van der Waals surface area contributed by atoms with Crippen molar-refractivity contribution in [3.8, 4) is 5.75 Å². The second-order valence-electron chi connectivity index (χ2n) is 7.41. The van der Waals surface area contributed by atoms with E-state index in [1.807, 2.05) is 24.3 Å². The summed E-state index contributed by atoms with van der Waals surface area (Å²) in [6, 6.07) is 14.2. The lowest BCUT2D eigenvalue weighted by Gasteiger charge is -2.16. The van der Waals surface area contributed by atoms with E-state index in [9.17, 15) is 8.76 Å². The SMILES string of the molecule is COc1ccc([S+](=O)([O-])c2nnn3c2nc(NC2CCCC2)c2ccccc23)cc1. The molecule has 154 valence electrons. The largest absolute Gasteiger partial charge is 0.604 e. The van der Waals surface area contributed by atoms with E-state index in [1.165, 1.54) is 36.6 Å². The third-order valence-electron chi connectivity index (χ3n) is 5.54. The molecule has 1 aliphatic carbocycles. The van der Waals surface area contributed by atoms with Crippen LogP contribution >= 0.6 is 0 Å². The van der Waals surface area contributed by atoms with Crippen LogP contribution in [0.5, 0.6) is 5.75 Å². The average Bonchev–Trinajstić information content (AvgIpc) is 3.44. The van der Waals surface area contributed by atoms with Crippen LogP contribution in [-0.4, -0.2) is 37.5 Å². The van der Waals surface area contributed by atoms with Crippen molar-refractivity contribution in [1.29, 1.82) is 0 Å². The highest BCUT2D eigenvalue weighted by atomic mass is 32.3.